The molecule has 0 aromatic heterocycles. The second-order valence-electron chi connectivity index (χ2n) is 5.89. The molecule has 1 aliphatic rings. The number of hydrogen-bond donors (Lipinski definition) is 1. The maximum absolute atomic E-state index is 12.7. The quantitative estimate of drug-likeness (QED) is 0.900. The Kier molecular flexibility index (Phi) is 6.01. The minimum atomic E-state index is -3.41. The molecular weight excluding hydrogens is 324 g/mol. The van der Waals surface area contributed by atoms with E-state index in [1.165, 1.54) is 6.07 Å². The van der Waals surface area contributed by atoms with Gasteiger partial charge in [0, 0.05) is 13.1 Å². The molecule has 1 atom stereocenters. The molecule has 1 unspecified atom stereocenters. The van der Waals surface area contributed by atoms with Gasteiger partial charge in [0.05, 0.1) is 16.2 Å². The summed E-state index contributed by atoms with van der Waals surface area (Å²) in [5.41, 5.74) is 5.95. The van der Waals surface area contributed by atoms with Gasteiger partial charge < -0.3 is 10.6 Å². The van der Waals surface area contributed by atoms with Crippen LogP contribution in [0.2, 0.25) is 0 Å². The van der Waals surface area contributed by atoms with Crippen LogP contribution >= 0.6 is 12.4 Å². The first-order valence-electron chi connectivity index (χ1n) is 7.14. The number of halogens is 1. The monoisotopic (exact) mass is 346 g/mol. The lowest BCUT2D eigenvalue weighted by atomic mass is 9.90. The standard InChI is InChI=1S/C15H22N2O3S.ClH/c1-3-21(19,20)13-7-5-4-6-12(13)14(18)17-9-8-15(2,10-16)11-17;/h4-7H,3,8-11,16H2,1-2H3;1H. The Labute approximate surface area is 138 Å². The molecular formula is C15H23ClN2O3S. The van der Waals surface area contributed by atoms with Crippen LogP contribution in [-0.2, 0) is 9.84 Å². The zero-order valence-electron chi connectivity index (χ0n) is 12.9. The maximum Gasteiger partial charge on any atom is 0.255 e. The van der Waals surface area contributed by atoms with Crippen molar-refractivity contribution in [1.29, 1.82) is 0 Å². The van der Waals surface area contributed by atoms with Crippen molar-refractivity contribution in [3.05, 3.63) is 29.8 Å². The highest BCUT2D eigenvalue weighted by Crippen LogP contribution is 2.30. The predicted molar refractivity (Wildman–Crippen MR) is 89.1 cm³/mol. The van der Waals surface area contributed by atoms with Crippen LogP contribution in [0.1, 0.15) is 30.6 Å². The Bertz CT molecular complexity index is 648. The number of carbonyl (C=O) groups is 1. The second kappa shape index (κ2) is 6.98. The van der Waals surface area contributed by atoms with Gasteiger partial charge in [0.1, 0.15) is 0 Å². The van der Waals surface area contributed by atoms with Crippen molar-refractivity contribution in [1.82, 2.24) is 4.90 Å². The van der Waals surface area contributed by atoms with Crippen molar-refractivity contribution < 1.29 is 13.2 Å². The van der Waals surface area contributed by atoms with Gasteiger partial charge in [-0.3, -0.25) is 4.79 Å². The highest BCUT2D eigenvalue weighted by molar-refractivity contribution is 7.91. The van der Waals surface area contributed by atoms with E-state index >= 15 is 0 Å². The molecule has 124 valence electrons. The number of rotatable bonds is 4. The molecule has 0 radical (unpaired) electrons. The molecule has 0 aliphatic carbocycles. The normalized spacial score (nSPS) is 21.5. The summed E-state index contributed by atoms with van der Waals surface area (Å²) < 4.78 is 24.3. The molecule has 5 nitrogen and oxygen atoms in total. The van der Waals surface area contributed by atoms with Crippen LogP contribution in [0.4, 0.5) is 0 Å². The Balaban J connectivity index is 0.00000242. The van der Waals surface area contributed by atoms with Gasteiger partial charge in [0.15, 0.2) is 9.84 Å². The van der Waals surface area contributed by atoms with Crippen LogP contribution in [-0.4, -0.2) is 44.6 Å². The zero-order valence-corrected chi connectivity index (χ0v) is 14.5. The molecule has 1 aromatic carbocycles. The number of benzene rings is 1. The first-order valence-corrected chi connectivity index (χ1v) is 8.79. The number of amides is 1. The van der Waals surface area contributed by atoms with Gasteiger partial charge in [0.25, 0.3) is 5.91 Å². The summed E-state index contributed by atoms with van der Waals surface area (Å²) in [4.78, 5) is 14.5. The topological polar surface area (TPSA) is 80.5 Å². The van der Waals surface area contributed by atoms with Crippen molar-refractivity contribution >= 4 is 28.2 Å². The summed E-state index contributed by atoms with van der Waals surface area (Å²) >= 11 is 0. The average molecular weight is 347 g/mol. The fourth-order valence-corrected chi connectivity index (χ4v) is 3.69. The fourth-order valence-electron chi connectivity index (χ4n) is 2.60. The number of hydrogen-bond acceptors (Lipinski definition) is 4. The molecule has 1 saturated heterocycles. The number of sulfone groups is 1. The van der Waals surface area contributed by atoms with E-state index in [1.54, 1.807) is 30.0 Å². The zero-order chi connectivity index (χ0) is 15.7. The lowest BCUT2D eigenvalue weighted by Gasteiger charge is -2.23. The third kappa shape index (κ3) is 3.62. The Morgan fingerprint density at radius 3 is 2.55 bits per heavy atom. The number of nitrogens with zero attached hydrogens (tertiary/aromatic N) is 1. The summed E-state index contributed by atoms with van der Waals surface area (Å²) in [5.74, 6) is -0.238. The molecule has 1 aliphatic heterocycles. The minimum absolute atomic E-state index is 0. The van der Waals surface area contributed by atoms with Crippen molar-refractivity contribution in [3.8, 4) is 0 Å². The molecule has 2 rings (SSSR count). The van der Waals surface area contributed by atoms with Gasteiger partial charge >= 0.3 is 0 Å². The lowest BCUT2D eigenvalue weighted by molar-refractivity contribution is 0.0773. The third-order valence-corrected chi connectivity index (χ3v) is 5.96. The summed E-state index contributed by atoms with van der Waals surface area (Å²) in [6, 6.07) is 6.43. The molecule has 1 fully saturated rings. The number of carbonyl (C=O) groups excluding carboxylic acids is 1. The minimum Gasteiger partial charge on any atom is -0.338 e. The largest absolute Gasteiger partial charge is 0.338 e. The molecule has 1 aromatic rings. The van der Waals surface area contributed by atoms with E-state index in [0.29, 0.717) is 19.6 Å². The van der Waals surface area contributed by atoms with Crippen molar-refractivity contribution in [2.75, 3.05) is 25.4 Å². The van der Waals surface area contributed by atoms with Gasteiger partial charge in [-0.1, -0.05) is 26.0 Å². The first kappa shape index (κ1) is 18.9. The van der Waals surface area contributed by atoms with Gasteiger partial charge in [-0.05, 0) is 30.5 Å². The smallest absolute Gasteiger partial charge is 0.255 e. The highest BCUT2D eigenvalue weighted by Gasteiger charge is 2.36. The van der Waals surface area contributed by atoms with Crippen LogP contribution in [0.3, 0.4) is 0 Å². The lowest BCUT2D eigenvalue weighted by Crippen LogP contribution is -2.35. The Hall–Kier alpha value is -1.11. The van der Waals surface area contributed by atoms with Gasteiger partial charge in [-0.25, -0.2) is 8.42 Å². The molecule has 22 heavy (non-hydrogen) atoms. The van der Waals surface area contributed by atoms with Gasteiger partial charge in [-0.2, -0.15) is 0 Å². The van der Waals surface area contributed by atoms with Gasteiger partial charge in [0.2, 0.25) is 0 Å². The summed E-state index contributed by atoms with van der Waals surface area (Å²) in [6.45, 7) is 5.34. The molecule has 1 heterocycles. The van der Waals surface area contributed by atoms with E-state index in [4.69, 9.17) is 5.73 Å². The van der Waals surface area contributed by atoms with Crippen LogP contribution < -0.4 is 5.73 Å². The maximum atomic E-state index is 12.7. The van der Waals surface area contributed by atoms with Crippen LogP contribution in [0.15, 0.2) is 29.2 Å². The van der Waals surface area contributed by atoms with E-state index < -0.39 is 9.84 Å². The van der Waals surface area contributed by atoms with Crippen molar-refractivity contribution in [2.24, 2.45) is 11.1 Å². The second-order valence-corrected chi connectivity index (χ2v) is 8.14. The molecule has 1 amide bonds. The van der Waals surface area contributed by atoms with E-state index in [-0.39, 0.29) is 39.9 Å². The number of nitrogens with two attached hydrogens (primary N) is 1. The fraction of sp³-hybridized carbons (Fsp3) is 0.533. The Morgan fingerprint density at radius 2 is 2.00 bits per heavy atom. The molecule has 0 bridgehead atoms. The van der Waals surface area contributed by atoms with E-state index in [1.807, 2.05) is 0 Å². The van der Waals surface area contributed by atoms with E-state index in [9.17, 15) is 13.2 Å². The van der Waals surface area contributed by atoms with Crippen LogP contribution in [0.5, 0.6) is 0 Å². The highest BCUT2D eigenvalue weighted by atomic mass is 35.5. The van der Waals surface area contributed by atoms with Crippen LogP contribution in [0.25, 0.3) is 0 Å². The van der Waals surface area contributed by atoms with Gasteiger partial charge in [-0.15, -0.1) is 12.4 Å². The first-order chi connectivity index (χ1) is 9.83. The molecule has 0 saturated carbocycles. The summed E-state index contributed by atoms with van der Waals surface area (Å²) in [6.07, 6.45) is 0.845. The average Bonchev–Trinajstić information content (AvgIpc) is 2.90. The third-order valence-electron chi connectivity index (χ3n) is 4.17. The molecule has 7 heteroatoms. The molecule has 0 spiro atoms. The number of likely N-dealkylation sites (tertiary alicyclic amines) is 1. The predicted octanol–water partition coefficient (Wildman–Crippen LogP) is 1.71. The summed E-state index contributed by atoms with van der Waals surface area (Å²) in [5, 5.41) is 0. The van der Waals surface area contributed by atoms with Crippen LogP contribution in [0, 0.1) is 5.41 Å². The van der Waals surface area contributed by atoms with Crippen molar-refractivity contribution in [3.63, 3.8) is 0 Å². The Morgan fingerprint density at radius 1 is 1.36 bits per heavy atom. The van der Waals surface area contributed by atoms with Crippen molar-refractivity contribution in [2.45, 2.75) is 25.2 Å². The van der Waals surface area contributed by atoms with E-state index in [0.717, 1.165) is 6.42 Å². The SMILES string of the molecule is CCS(=O)(=O)c1ccccc1C(=O)N1CCC(C)(CN)C1.Cl. The van der Waals surface area contributed by atoms with E-state index in [2.05, 4.69) is 6.92 Å². The molecule has 2 N–H and O–H groups in total. The summed E-state index contributed by atoms with van der Waals surface area (Å²) in [7, 11) is -3.41.